The lowest BCUT2D eigenvalue weighted by Crippen LogP contribution is -2.18. The fourth-order valence-electron chi connectivity index (χ4n) is 3.38. The van der Waals surface area contributed by atoms with Gasteiger partial charge in [0.05, 0.1) is 0 Å². The Bertz CT molecular complexity index is 903. The van der Waals surface area contributed by atoms with Crippen LogP contribution in [0, 0.1) is 12.7 Å². The molecule has 1 aromatic carbocycles. The summed E-state index contributed by atoms with van der Waals surface area (Å²) in [5, 5.41) is 4.61. The number of rotatable bonds is 4. The molecule has 128 valence electrons. The van der Waals surface area contributed by atoms with Crippen LogP contribution in [0.4, 0.5) is 16.0 Å². The van der Waals surface area contributed by atoms with Gasteiger partial charge >= 0.3 is 0 Å². The van der Waals surface area contributed by atoms with E-state index in [1.165, 1.54) is 24.5 Å². The number of halogens is 1. The Morgan fingerprint density at radius 2 is 1.84 bits per heavy atom. The van der Waals surface area contributed by atoms with Crippen LogP contribution in [0.2, 0.25) is 0 Å². The zero-order valence-electron chi connectivity index (χ0n) is 14.3. The summed E-state index contributed by atoms with van der Waals surface area (Å²) in [6.07, 6.45) is 6.08. The maximum absolute atomic E-state index is 14.1. The Labute approximate surface area is 146 Å². The topological polar surface area (TPSA) is 41.0 Å². The second kappa shape index (κ2) is 6.76. The first-order chi connectivity index (χ1) is 12.2. The van der Waals surface area contributed by atoms with Gasteiger partial charge in [0.15, 0.2) is 0 Å². The predicted molar refractivity (Wildman–Crippen MR) is 98.5 cm³/mol. The predicted octanol–water partition coefficient (Wildman–Crippen LogP) is 4.42. The average molecular weight is 336 g/mol. The summed E-state index contributed by atoms with van der Waals surface area (Å²) in [6.45, 7) is 5.22. The number of hydrogen-bond donors (Lipinski definition) is 1. The Kier molecular flexibility index (Phi) is 4.32. The lowest BCUT2D eigenvalue weighted by Gasteiger charge is -2.15. The second-order valence-corrected chi connectivity index (χ2v) is 6.64. The van der Waals surface area contributed by atoms with Crippen molar-refractivity contribution in [2.75, 3.05) is 18.4 Å². The first kappa shape index (κ1) is 16.0. The van der Waals surface area contributed by atoms with E-state index in [9.17, 15) is 4.39 Å². The zero-order valence-corrected chi connectivity index (χ0v) is 14.3. The van der Waals surface area contributed by atoms with E-state index in [-0.39, 0.29) is 5.82 Å². The van der Waals surface area contributed by atoms with Crippen molar-refractivity contribution in [2.45, 2.75) is 26.3 Å². The Hall–Kier alpha value is -2.53. The molecule has 0 amide bonds. The molecule has 5 heteroatoms. The van der Waals surface area contributed by atoms with Crippen molar-refractivity contribution < 1.29 is 4.39 Å². The highest BCUT2D eigenvalue weighted by Crippen LogP contribution is 2.24. The molecule has 2 aromatic heterocycles. The van der Waals surface area contributed by atoms with Crippen LogP contribution in [0.15, 0.2) is 42.7 Å². The van der Waals surface area contributed by atoms with Gasteiger partial charge in [-0.2, -0.15) is 0 Å². The molecule has 0 unspecified atom stereocenters. The fourth-order valence-corrected chi connectivity index (χ4v) is 3.38. The van der Waals surface area contributed by atoms with Gasteiger partial charge in [0, 0.05) is 29.7 Å². The normalized spacial score (nSPS) is 15.0. The molecule has 1 aliphatic rings. The lowest BCUT2D eigenvalue weighted by atomic mass is 10.1. The zero-order chi connectivity index (χ0) is 17.2. The average Bonchev–Trinajstić information content (AvgIpc) is 3.12. The maximum atomic E-state index is 14.1. The van der Waals surface area contributed by atoms with Crippen LogP contribution in [-0.2, 0) is 6.54 Å². The largest absolute Gasteiger partial charge is 0.325 e. The molecule has 0 bridgehead atoms. The van der Waals surface area contributed by atoms with E-state index in [0.717, 1.165) is 36.4 Å². The minimum Gasteiger partial charge on any atom is -0.325 e. The SMILES string of the molecule is Cc1ccc(F)c2cc(Nc3cc(CN4CCCC4)ccn3)ncc12. The van der Waals surface area contributed by atoms with Crippen molar-refractivity contribution in [1.82, 2.24) is 14.9 Å². The van der Waals surface area contributed by atoms with Crippen molar-refractivity contribution in [1.29, 1.82) is 0 Å². The first-order valence-electron chi connectivity index (χ1n) is 8.68. The minimum atomic E-state index is -0.234. The maximum Gasteiger partial charge on any atom is 0.132 e. The highest BCUT2D eigenvalue weighted by atomic mass is 19.1. The third-order valence-electron chi connectivity index (χ3n) is 4.75. The van der Waals surface area contributed by atoms with Gasteiger partial charge in [0.2, 0.25) is 0 Å². The Morgan fingerprint density at radius 3 is 2.68 bits per heavy atom. The highest BCUT2D eigenvalue weighted by molar-refractivity contribution is 5.87. The van der Waals surface area contributed by atoms with Crippen LogP contribution in [0.3, 0.4) is 0 Å². The summed E-state index contributed by atoms with van der Waals surface area (Å²) in [5.74, 6) is 1.10. The Morgan fingerprint density at radius 1 is 1.04 bits per heavy atom. The third-order valence-corrected chi connectivity index (χ3v) is 4.75. The molecule has 3 heterocycles. The first-order valence-corrected chi connectivity index (χ1v) is 8.68. The molecule has 0 atom stereocenters. The van der Waals surface area contributed by atoms with Crippen LogP contribution in [-0.4, -0.2) is 28.0 Å². The van der Waals surface area contributed by atoms with Gasteiger partial charge in [0.25, 0.3) is 0 Å². The van der Waals surface area contributed by atoms with E-state index in [2.05, 4.69) is 20.2 Å². The van der Waals surface area contributed by atoms with Crippen molar-refractivity contribution in [3.8, 4) is 0 Å². The molecule has 1 aliphatic heterocycles. The summed E-state index contributed by atoms with van der Waals surface area (Å²) >= 11 is 0. The number of nitrogens with one attached hydrogen (secondary N) is 1. The van der Waals surface area contributed by atoms with Gasteiger partial charge in [-0.3, -0.25) is 4.90 Å². The molecule has 4 nitrogen and oxygen atoms in total. The molecule has 0 radical (unpaired) electrons. The van der Waals surface area contributed by atoms with Gasteiger partial charge in [-0.25, -0.2) is 14.4 Å². The second-order valence-electron chi connectivity index (χ2n) is 6.64. The summed E-state index contributed by atoms with van der Waals surface area (Å²) < 4.78 is 14.1. The smallest absolute Gasteiger partial charge is 0.132 e. The van der Waals surface area contributed by atoms with Crippen LogP contribution in [0.25, 0.3) is 10.8 Å². The number of anilines is 2. The highest BCUT2D eigenvalue weighted by Gasteiger charge is 2.12. The Balaban J connectivity index is 1.57. The van der Waals surface area contributed by atoms with E-state index in [0.29, 0.717) is 11.2 Å². The van der Waals surface area contributed by atoms with Gasteiger partial charge < -0.3 is 5.32 Å². The van der Waals surface area contributed by atoms with Crippen LogP contribution in [0.5, 0.6) is 0 Å². The minimum absolute atomic E-state index is 0.234. The van der Waals surface area contributed by atoms with E-state index >= 15 is 0 Å². The van der Waals surface area contributed by atoms with Gasteiger partial charge in [-0.15, -0.1) is 0 Å². The monoisotopic (exact) mass is 336 g/mol. The molecule has 25 heavy (non-hydrogen) atoms. The van der Waals surface area contributed by atoms with Crippen molar-refractivity contribution in [3.63, 3.8) is 0 Å². The number of benzene rings is 1. The number of nitrogens with zero attached hydrogens (tertiary/aromatic N) is 3. The standard InChI is InChI=1S/C20H21FN4/c1-14-4-5-18(21)16-11-20(23-12-17(14)16)24-19-10-15(6-7-22-19)13-25-8-2-3-9-25/h4-7,10-12H,2-3,8-9,13H2,1H3,(H,22,23,24). The van der Waals surface area contributed by atoms with Crippen LogP contribution < -0.4 is 5.32 Å². The molecule has 4 rings (SSSR count). The van der Waals surface area contributed by atoms with Crippen LogP contribution in [0.1, 0.15) is 24.0 Å². The van der Waals surface area contributed by atoms with E-state index in [1.807, 2.05) is 19.1 Å². The van der Waals surface area contributed by atoms with E-state index < -0.39 is 0 Å². The number of aryl methyl sites for hydroxylation is 1. The van der Waals surface area contributed by atoms with Gasteiger partial charge in [-0.1, -0.05) is 6.07 Å². The van der Waals surface area contributed by atoms with Crippen molar-refractivity contribution in [2.24, 2.45) is 0 Å². The number of likely N-dealkylation sites (tertiary alicyclic amines) is 1. The third kappa shape index (κ3) is 3.46. The molecule has 1 fully saturated rings. The van der Waals surface area contributed by atoms with Gasteiger partial charge in [-0.05, 0) is 68.2 Å². The summed E-state index contributed by atoms with van der Waals surface area (Å²) in [5.41, 5.74) is 2.24. The molecule has 0 spiro atoms. The molecule has 0 saturated carbocycles. The molecule has 1 N–H and O–H groups in total. The molecular weight excluding hydrogens is 315 g/mol. The fraction of sp³-hybridized carbons (Fsp3) is 0.300. The van der Waals surface area contributed by atoms with Gasteiger partial charge in [0.1, 0.15) is 17.5 Å². The molecule has 3 aromatic rings. The number of hydrogen-bond acceptors (Lipinski definition) is 4. The van der Waals surface area contributed by atoms with E-state index in [4.69, 9.17) is 0 Å². The van der Waals surface area contributed by atoms with Crippen LogP contribution >= 0.6 is 0 Å². The number of pyridine rings is 2. The number of fused-ring (bicyclic) bond motifs is 1. The van der Waals surface area contributed by atoms with E-state index in [1.54, 1.807) is 24.5 Å². The molecular formula is C20H21FN4. The van der Waals surface area contributed by atoms with Crippen molar-refractivity contribution in [3.05, 3.63) is 59.7 Å². The van der Waals surface area contributed by atoms with Crippen molar-refractivity contribution >= 4 is 22.4 Å². The molecule has 0 aliphatic carbocycles. The summed E-state index contributed by atoms with van der Waals surface area (Å²) in [4.78, 5) is 11.2. The summed E-state index contributed by atoms with van der Waals surface area (Å²) in [6, 6.07) is 9.09. The lowest BCUT2D eigenvalue weighted by molar-refractivity contribution is 0.331. The number of aromatic nitrogens is 2. The quantitative estimate of drug-likeness (QED) is 0.766. The molecule has 1 saturated heterocycles. The summed E-state index contributed by atoms with van der Waals surface area (Å²) in [7, 11) is 0.